The Balaban J connectivity index is 1.76. The Morgan fingerprint density at radius 1 is 0.829 bits per heavy atom. The third kappa shape index (κ3) is 8.49. The van der Waals surface area contributed by atoms with Crippen molar-refractivity contribution in [3.05, 3.63) is 109 Å². The van der Waals surface area contributed by atoms with Crippen LogP contribution in [0.1, 0.15) is 59.6 Å². The number of rotatable bonds is 14. The maximum absolute atomic E-state index is 11.6. The highest BCUT2D eigenvalue weighted by atomic mass is 28.4. The van der Waals surface area contributed by atoms with Gasteiger partial charge in [-0.05, 0) is 27.9 Å². The summed E-state index contributed by atoms with van der Waals surface area (Å²) in [6.45, 7) is 12.9. The molecule has 6 heteroatoms. The molecular weight excluding hydrogens is 528 g/mol. The smallest absolute Gasteiger partial charge is 0.306 e. The predicted octanol–water partition coefficient (Wildman–Crippen LogP) is 6.37. The zero-order valence-electron chi connectivity index (χ0n) is 25.2. The number of hydrogen-bond acceptors (Lipinski definition) is 4. The van der Waals surface area contributed by atoms with Crippen LogP contribution in [0.2, 0.25) is 5.04 Å². The van der Waals surface area contributed by atoms with E-state index in [1.54, 1.807) is 6.08 Å². The van der Waals surface area contributed by atoms with Crippen molar-refractivity contribution in [2.45, 2.75) is 71.3 Å². The van der Waals surface area contributed by atoms with Gasteiger partial charge in [0.25, 0.3) is 8.32 Å². The molecule has 3 rings (SSSR count). The summed E-state index contributed by atoms with van der Waals surface area (Å²) in [6.07, 6.45) is 1.97. The number of carbonyl (C=O) groups is 1. The van der Waals surface area contributed by atoms with Gasteiger partial charge in [-0.25, -0.2) is 0 Å². The Labute approximate surface area is 247 Å². The molecule has 0 amide bonds. The van der Waals surface area contributed by atoms with Crippen molar-refractivity contribution >= 4 is 24.7 Å². The normalized spacial score (nSPS) is 16.2. The number of hydrogen-bond donors (Lipinski definition) is 2. The van der Waals surface area contributed by atoms with Crippen molar-refractivity contribution in [2.75, 3.05) is 6.61 Å². The van der Waals surface area contributed by atoms with Crippen molar-refractivity contribution in [3.63, 3.8) is 0 Å². The Kier molecular flexibility index (Phi) is 11.7. The number of carboxylic acids is 1. The highest BCUT2D eigenvalue weighted by Gasteiger charge is 2.50. The van der Waals surface area contributed by atoms with Gasteiger partial charge in [-0.1, -0.05) is 138 Å². The molecule has 0 heterocycles. The second-order valence-corrected chi connectivity index (χ2v) is 16.3. The highest BCUT2D eigenvalue weighted by molar-refractivity contribution is 6.99. The number of aliphatic carboxylic acids is 1. The fourth-order valence-electron chi connectivity index (χ4n) is 5.31. The lowest BCUT2D eigenvalue weighted by atomic mass is 9.97. The van der Waals surface area contributed by atoms with Crippen LogP contribution in [0.25, 0.3) is 0 Å². The molecule has 0 bridgehead atoms. The van der Waals surface area contributed by atoms with Crippen LogP contribution in [0.4, 0.5) is 0 Å². The van der Waals surface area contributed by atoms with E-state index in [0.29, 0.717) is 6.61 Å². The molecule has 0 aliphatic carbocycles. The maximum Gasteiger partial charge on any atom is 0.306 e. The highest BCUT2D eigenvalue weighted by Crippen LogP contribution is 2.37. The monoisotopic (exact) mass is 574 g/mol. The van der Waals surface area contributed by atoms with Crippen molar-refractivity contribution < 1.29 is 24.2 Å². The van der Waals surface area contributed by atoms with Crippen LogP contribution in [-0.4, -0.2) is 43.3 Å². The van der Waals surface area contributed by atoms with E-state index in [0.717, 1.165) is 5.56 Å². The van der Waals surface area contributed by atoms with E-state index in [-0.39, 0.29) is 29.4 Å². The van der Waals surface area contributed by atoms with Crippen LogP contribution in [-0.2, 0) is 14.0 Å². The van der Waals surface area contributed by atoms with Crippen LogP contribution < -0.4 is 10.4 Å². The predicted molar refractivity (Wildman–Crippen MR) is 169 cm³/mol. The second-order valence-electron chi connectivity index (χ2n) is 12.0. The first-order valence-electron chi connectivity index (χ1n) is 14.5. The van der Waals surface area contributed by atoms with E-state index in [2.05, 4.69) is 69.3 Å². The van der Waals surface area contributed by atoms with Gasteiger partial charge in [-0.15, -0.1) is 0 Å². The Morgan fingerprint density at radius 2 is 1.32 bits per heavy atom. The van der Waals surface area contributed by atoms with E-state index < -0.39 is 26.5 Å². The summed E-state index contributed by atoms with van der Waals surface area (Å²) in [6, 6.07) is 30.7. The van der Waals surface area contributed by atoms with Crippen molar-refractivity contribution in [3.8, 4) is 0 Å². The lowest BCUT2D eigenvalue weighted by Gasteiger charge is -2.43. The minimum Gasteiger partial charge on any atom is -0.481 e. The first-order valence-corrected chi connectivity index (χ1v) is 16.4. The van der Waals surface area contributed by atoms with E-state index in [9.17, 15) is 15.0 Å². The van der Waals surface area contributed by atoms with Gasteiger partial charge in [0.15, 0.2) is 0 Å². The molecule has 3 aromatic rings. The van der Waals surface area contributed by atoms with Gasteiger partial charge in [0.1, 0.15) is 0 Å². The molecule has 41 heavy (non-hydrogen) atoms. The van der Waals surface area contributed by atoms with E-state index in [1.165, 1.54) is 10.4 Å². The number of ether oxygens (including phenoxy) is 1. The molecular formula is C35H46O5Si. The molecule has 1 unspecified atom stereocenters. The topological polar surface area (TPSA) is 76.0 Å². The lowest BCUT2D eigenvalue weighted by Crippen LogP contribution is -2.67. The number of carboxylic acid groups (broad SMARTS) is 1. The summed E-state index contributed by atoms with van der Waals surface area (Å²) in [5.74, 6) is -1.30. The Morgan fingerprint density at radius 3 is 1.78 bits per heavy atom. The fourth-order valence-corrected chi connectivity index (χ4v) is 9.98. The number of aliphatic hydroxyl groups excluding tert-OH is 1. The summed E-state index contributed by atoms with van der Waals surface area (Å²) >= 11 is 0. The van der Waals surface area contributed by atoms with Gasteiger partial charge in [-0.3, -0.25) is 4.79 Å². The van der Waals surface area contributed by atoms with Gasteiger partial charge in [0.05, 0.1) is 24.7 Å². The van der Waals surface area contributed by atoms with Gasteiger partial charge in [-0.2, -0.15) is 0 Å². The number of benzene rings is 3. The first-order chi connectivity index (χ1) is 19.5. The molecule has 0 spiro atoms. The zero-order valence-corrected chi connectivity index (χ0v) is 26.2. The largest absolute Gasteiger partial charge is 0.481 e. The van der Waals surface area contributed by atoms with Gasteiger partial charge in [0.2, 0.25) is 0 Å². The Bertz CT molecular complexity index is 1180. The second kappa shape index (κ2) is 14.7. The van der Waals surface area contributed by atoms with Crippen LogP contribution in [0.5, 0.6) is 0 Å². The molecule has 5 atom stereocenters. The van der Waals surface area contributed by atoms with Gasteiger partial charge >= 0.3 is 5.97 Å². The molecule has 0 radical (unpaired) electrons. The Hall–Kier alpha value is -3.03. The van der Waals surface area contributed by atoms with E-state index in [1.807, 2.05) is 69.3 Å². The third-order valence-corrected chi connectivity index (χ3v) is 12.8. The molecule has 0 fully saturated rings. The molecule has 0 aliphatic rings. The van der Waals surface area contributed by atoms with Crippen LogP contribution in [0.3, 0.4) is 0 Å². The molecule has 0 saturated carbocycles. The average Bonchev–Trinajstić information content (AvgIpc) is 2.96. The minimum atomic E-state index is -2.71. The molecule has 5 nitrogen and oxygen atoms in total. The van der Waals surface area contributed by atoms with E-state index >= 15 is 0 Å². The van der Waals surface area contributed by atoms with Crippen molar-refractivity contribution in [1.29, 1.82) is 0 Å². The summed E-state index contributed by atoms with van der Waals surface area (Å²) in [7, 11) is -2.71. The summed E-state index contributed by atoms with van der Waals surface area (Å²) in [5, 5.41) is 22.9. The summed E-state index contributed by atoms with van der Waals surface area (Å²) in [5.41, 5.74) is 0.994. The van der Waals surface area contributed by atoms with Crippen molar-refractivity contribution in [1.82, 2.24) is 0 Å². The molecule has 220 valence electrons. The van der Waals surface area contributed by atoms with E-state index in [4.69, 9.17) is 9.16 Å². The maximum atomic E-state index is 11.6. The lowest BCUT2D eigenvalue weighted by molar-refractivity contribution is -0.142. The summed E-state index contributed by atoms with van der Waals surface area (Å²) < 4.78 is 13.2. The van der Waals surface area contributed by atoms with Gasteiger partial charge in [0, 0.05) is 18.4 Å². The molecule has 2 N–H and O–H groups in total. The van der Waals surface area contributed by atoms with Crippen molar-refractivity contribution in [2.24, 2.45) is 11.8 Å². The van der Waals surface area contributed by atoms with Crippen LogP contribution >= 0.6 is 0 Å². The minimum absolute atomic E-state index is 0.120. The van der Waals surface area contributed by atoms with Gasteiger partial charge < -0.3 is 19.4 Å². The molecule has 0 aromatic heterocycles. The zero-order chi connectivity index (χ0) is 30.0. The third-order valence-electron chi connectivity index (χ3n) is 7.78. The van der Waals surface area contributed by atoms with Crippen LogP contribution in [0.15, 0.2) is 103 Å². The SMILES string of the molecule is CC(O[C@H](CC(=O)O)[C@@H](C)/C=C\[C@H](O)[C@H](C)CO[Si](c1ccccc1)(c1ccccc1)C(C)(C)C)c1ccccc1. The molecule has 3 aromatic carbocycles. The molecule has 0 aliphatic heterocycles. The number of aliphatic hydroxyl groups is 1. The fraction of sp³-hybridized carbons (Fsp3) is 0.400. The first kappa shape index (κ1) is 32.5. The van der Waals surface area contributed by atoms with Crippen LogP contribution in [0, 0.1) is 11.8 Å². The summed E-state index contributed by atoms with van der Waals surface area (Å²) in [4.78, 5) is 11.6. The standard InChI is InChI=1S/C35H46O5Si/c1-26(33(24-34(37)38)40-28(3)29-16-10-7-11-17-29)22-23-32(36)27(2)25-39-41(35(4,5)6,30-18-12-8-13-19-30)31-20-14-9-15-21-31/h7-23,26-28,32-33,36H,24-25H2,1-6H3,(H,37,38)/b23-22-/t26-,27+,28?,32-,33+/m0/s1. The average molecular weight is 575 g/mol. The quantitative estimate of drug-likeness (QED) is 0.173. The molecule has 0 saturated heterocycles.